The maximum absolute atomic E-state index is 13.5. The number of benzene rings is 1. The molecule has 9 nitrogen and oxygen atoms in total. The smallest absolute Gasteiger partial charge is 0.322 e. The van der Waals surface area contributed by atoms with Crippen LogP contribution in [0.15, 0.2) is 48.2 Å². The number of urea groups is 1. The Morgan fingerprint density at radius 3 is 2.83 bits per heavy atom. The summed E-state index contributed by atoms with van der Waals surface area (Å²) >= 11 is 6.16. The molecule has 0 spiro atoms. The number of esters is 1. The predicted molar refractivity (Wildman–Crippen MR) is 129 cm³/mol. The molecular weight excluding hydrogens is 472 g/mol. The van der Waals surface area contributed by atoms with Crippen molar-refractivity contribution in [3.63, 3.8) is 0 Å². The van der Waals surface area contributed by atoms with E-state index >= 15 is 0 Å². The fourth-order valence-electron chi connectivity index (χ4n) is 4.85. The van der Waals surface area contributed by atoms with Gasteiger partial charge in [-0.25, -0.2) is 4.79 Å². The molecule has 4 amide bonds. The minimum atomic E-state index is -0.673. The third-order valence-electron chi connectivity index (χ3n) is 6.51. The molecule has 2 atom stereocenters. The summed E-state index contributed by atoms with van der Waals surface area (Å²) in [5, 5.41) is 3.38. The van der Waals surface area contributed by atoms with Crippen molar-refractivity contribution < 1.29 is 23.9 Å². The lowest BCUT2D eigenvalue weighted by atomic mass is 9.95. The molecule has 3 aliphatic heterocycles. The van der Waals surface area contributed by atoms with Crippen molar-refractivity contribution in [1.82, 2.24) is 20.0 Å². The predicted octanol–water partition coefficient (Wildman–Crippen LogP) is 2.49. The highest BCUT2D eigenvalue weighted by atomic mass is 35.5. The molecule has 3 aliphatic rings. The normalized spacial score (nSPS) is 22.2. The second-order valence-corrected chi connectivity index (χ2v) is 9.23. The van der Waals surface area contributed by atoms with E-state index < -0.39 is 6.04 Å². The summed E-state index contributed by atoms with van der Waals surface area (Å²) in [5.41, 5.74) is 1.66. The number of nitrogens with one attached hydrogen (secondary N) is 1. The zero-order chi connectivity index (χ0) is 25.1. The Morgan fingerprint density at radius 1 is 1.31 bits per heavy atom. The molecule has 0 radical (unpaired) electrons. The molecule has 1 aromatic rings. The number of carbonyl (C=O) groups excluding carboxylic acids is 4. The fourth-order valence-corrected chi connectivity index (χ4v) is 5.05. The maximum atomic E-state index is 13.5. The van der Waals surface area contributed by atoms with Crippen molar-refractivity contribution in [3.8, 4) is 0 Å². The quantitative estimate of drug-likeness (QED) is 0.458. The van der Waals surface area contributed by atoms with Gasteiger partial charge in [-0.1, -0.05) is 29.8 Å². The first kappa shape index (κ1) is 24.8. The largest absolute Gasteiger partial charge is 0.466 e. The van der Waals surface area contributed by atoms with Gasteiger partial charge in [0.1, 0.15) is 6.54 Å². The van der Waals surface area contributed by atoms with Gasteiger partial charge in [0.2, 0.25) is 5.91 Å². The van der Waals surface area contributed by atoms with E-state index in [2.05, 4.69) is 11.9 Å². The van der Waals surface area contributed by atoms with Crippen LogP contribution in [-0.2, 0) is 19.1 Å². The molecule has 4 rings (SSSR count). The number of halogens is 1. The molecule has 1 saturated heterocycles. The number of carbonyl (C=O) groups is 4. The molecule has 35 heavy (non-hydrogen) atoms. The summed E-state index contributed by atoms with van der Waals surface area (Å²) in [4.78, 5) is 56.3. The number of likely N-dealkylation sites (tertiary alicyclic amines) is 1. The first-order chi connectivity index (χ1) is 16.8. The number of hydrogen-bond donors (Lipinski definition) is 1. The lowest BCUT2D eigenvalue weighted by molar-refractivity contribution is -0.151. The summed E-state index contributed by atoms with van der Waals surface area (Å²) in [6, 6.07) is 5.98. The second-order valence-electron chi connectivity index (χ2n) is 8.79. The third kappa shape index (κ3) is 5.05. The van der Waals surface area contributed by atoms with Gasteiger partial charge >= 0.3 is 12.0 Å². The van der Waals surface area contributed by atoms with Crippen molar-refractivity contribution in [3.05, 3.63) is 58.8 Å². The van der Waals surface area contributed by atoms with E-state index in [0.717, 1.165) is 0 Å². The van der Waals surface area contributed by atoms with E-state index in [0.29, 0.717) is 47.8 Å². The summed E-state index contributed by atoms with van der Waals surface area (Å²) in [5.74, 6) is -1.20. The van der Waals surface area contributed by atoms with E-state index in [1.807, 2.05) is 0 Å². The molecule has 0 saturated carbocycles. The molecule has 0 aromatic heterocycles. The number of ether oxygens (including phenoxy) is 1. The van der Waals surface area contributed by atoms with Crippen LogP contribution in [0.3, 0.4) is 0 Å². The van der Waals surface area contributed by atoms with Gasteiger partial charge in [0.05, 0.1) is 36.4 Å². The number of nitrogens with zero attached hydrogens (tertiary/aromatic N) is 3. The van der Waals surface area contributed by atoms with Crippen LogP contribution in [0.25, 0.3) is 0 Å². The molecule has 0 unspecified atom stereocenters. The molecule has 1 aromatic carbocycles. The Labute approximate surface area is 209 Å². The third-order valence-corrected chi connectivity index (χ3v) is 6.75. The van der Waals surface area contributed by atoms with Gasteiger partial charge in [-0.05, 0) is 37.5 Å². The number of rotatable bonds is 7. The highest BCUT2D eigenvalue weighted by Gasteiger charge is 2.44. The summed E-state index contributed by atoms with van der Waals surface area (Å²) in [6.45, 7) is 6.79. The van der Waals surface area contributed by atoms with Gasteiger partial charge in [0, 0.05) is 24.7 Å². The molecule has 3 heterocycles. The Morgan fingerprint density at radius 2 is 2.11 bits per heavy atom. The molecule has 1 fully saturated rings. The van der Waals surface area contributed by atoms with E-state index in [4.69, 9.17) is 16.3 Å². The molecule has 10 heteroatoms. The van der Waals surface area contributed by atoms with E-state index in [1.54, 1.807) is 42.2 Å². The first-order valence-corrected chi connectivity index (χ1v) is 12.1. The van der Waals surface area contributed by atoms with Gasteiger partial charge in [0.15, 0.2) is 0 Å². The van der Waals surface area contributed by atoms with Crippen LogP contribution >= 0.6 is 11.6 Å². The monoisotopic (exact) mass is 500 g/mol. The van der Waals surface area contributed by atoms with Gasteiger partial charge in [-0.2, -0.15) is 0 Å². The SMILES string of the molecule is C=CCN1C(=O)N[C@@H](c2cccc(Cl)c2)C2=C1CN(CC(=O)N1CCC[C@H](C(=O)OCC)C1)C2=O. The van der Waals surface area contributed by atoms with Crippen molar-refractivity contribution in [1.29, 1.82) is 0 Å². The topological polar surface area (TPSA) is 99.3 Å². The van der Waals surface area contributed by atoms with Gasteiger partial charge in [-0.15, -0.1) is 6.58 Å². The van der Waals surface area contributed by atoms with Crippen molar-refractivity contribution >= 4 is 35.4 Å². The van der Waals surface area contributed by atoms with Crippen LogP contribution in [0.5, 0.6) is 0 Å². The molecule has 0 bridgehead atoms. The Balaban J connectivity index is 1.54. The fraction of sp³-hybridized carbons (Fsp3) is 0.440. The summed E-state index contributed by atoms with van der Waals surface area (Å²) in [7, 11) is 0. The van der Waals surface area contributed by atoms with Gasteiger partial charge in [0.25, 0.3) is 5.91 Å². The average molecular weight is 501 g/mol. The minimum Gasteiger partial charge on any atom is -0.466 e. The molecule has 0 aliphatic carbocycles. The van der Waals surface area contributed by atoms with Crippen molar-refractivity contribution in [2.45, 2.75) is 25.8 Å². The van der Waals surface area contributed by atoms with Crippen LogP contribution in [0.1, 0.15) is 31.4 Å². The van der Waals surface area contributed by atoms with E-state index in [9.17, 15) is 19.2 Å². The molecule has 1 N–H and O–H groups in total. The Hall–Kier alpha value is -3.33. The van der Waals surface area contributed by atoms with Crippen LogP contribution in [0.4, 0.5) is 4.79 Å². The highest BCUT2D eigenvalue weighted by molar-refractivity contribution is 6.30. The molecule has 186 valence electrons. The number of hydrogen-bond acceptors (Lipinski definition) is 5. The first-order valence-electron chi connectivity index (χ1n) is 11.7. The lowest BCUT2D eigenvalue weighted by Gasteiger charge is -2.33. The second kappa shape index (κ2) is 10.5. The van der Waals surface area contributed by atoms with Crippen LogP contribution in [-0.4, -0.2) is 77.8 Å². The van der Waals surface area contributed by atoms with E-state index in [-0.39, 0.29) is 55.9 Å². The number of piperidine rings is 1. The minimum absolute atomic E-state index is 0.132. The van der Waals surface area contributed by atoms with E-state index in [1.165, 1.54) is 9.80 Å². The van der Waals surface area contributed by atoms with Crippen molar-refractivity contribution in [2.75, 3.05) is 39.3 Å². The zero-order valence-corrected chi connectivity index (χ0v) is 20.4. The zero-order valence-electron chi connectivity index (χ0n) is 19.7. The van der Waals surface area contributed by atoms with Crippen LogP contribution in [0.2, 0.25) is 5.02 Å². The average Bonchev–Trinajstić information content (AvgIpc) is 3.16. The molecular formula is C25H29ClN4O5. The van der Waals surface area contributed by atoms with Crippen LogP contribution < -0.4 is 5.32 Å². The number of amides is 4. The Bertz CT molecular complexity index is 1090. The highest BCUT2D eigenvalue weighted by Crippen LogP contribution is 2.37. The van der Waals surface area contributed by atoms with Gasteiger partial charge < -0.3 is 19.9 Å². The van der Waals surface area contributed by atoms with Crippen LogP contribution in [0, 0.1) is 5.92 Å². The Kier molecular flexibility index (Phi) is 7.45. The van der Waals surface area contributed by atoms with Crippen molar-refractivity contribution in [2.24, 2.45) is 5.92 Å². The standard InChI is InChI=1S/C25H29ClN4O5/c1-3-10-30-19-14-29(15-20(31)28-11-6-8-17(13-28)24(33)35-4-2)23(32)21(19)22(27-25(30)34)16-7-5-9-18(26)12-16/h3,5,7,9,12,17,22H,1,4,6,8,10-11,13-15H2,2H3,(H,27,34)/t17-,22-/m0/s1. The van der Waals surface area contributed by atoms with Gasteiger partial charge in [-0.3, -0.25) is 19.3 Å². The maximum Gasteiger partial charge on any atom is 0.322 e. The lowest BCUT2D eigenvalue weighted by Crippen LogP contribution is -2.47. The summed E-state index contributed by atoms with van der Waals surface area (Å²) in [6.07, 6.45) is 2.96. The summed E-state index contributed by atoms with van der Waals surface area (Å²) < 4.78 is 5.12.